The monoisotopic (exact) mass is 221 g/mol. The molecule has 1 unspecified atom stereocenters. The van der Waals surface area contributed by atoms with Crippen molar-refractivity contribution >= 4 is 11.5 Å². The van der Waals surface area contributed by atoms with Crippen LogP contribution in [0, 0.1) is 5.92 Å². The van der Waals surface area contributed by atoms with Crippen LogP contribution in [-0.4, -0.2) is 24.2 Å². The van der Waals surface area contributed by atoms with Gasteiger partial charge in [-0.15, -0.1) is 0 Å². The topological polar surface area (TPSA) is 60.2 Å². The molecule has 1 saturated heterocycles. The van der Waals surface area contributed by atoms with Crippen LogP contribution in [-0.2, 0) is 4.74 Å². The van der Waals surface area contributed by atoms with Crippen molar-refractivity contribution in [1.82, 2.24) is 4.98 Å². The van der Waals surface area contributed by atoms with Gasteiger partial charge >= 0.3 is 0 Å². The van der Waals surface area contributed by atoms with Crippen LogP contribution >= 0.6 is 0 Å². The van der Waals surface area contributed by atoms with E-state index in [9.17, 15) is 0 Å². The normalized spacial score (nSPS) is 19.3. The maximum absolute atomic E-state index is 5.64. The fourth-order valence-electron chi connectivity index (χ4n) is 2.13. The summed E-state index contributed by atoms with van der Waals surface area (Å²) >= 11 is 0. The summed E-state index contributed by atoms with van der Waals surface area (Å²) in [5, 5.41) is 3.48. The van der Waals surface area contributed by atoms with Gasteiger partial charge in [0.25, 0.3) is 0 Å². The van der Waals surface area contributed by atoms with Gasteiger partial charge in [0.05, 0.1) is 0 Å². The highest BCUT2D eigenvalue weighted by atomic mass is 16.5. The van der Waals surface area contributed by atoms with Gasteiger partial charge in [-0.25, -0.2) is 4.98 Å². The van der Waals surface area contributed by atoms with Gasteiger partial charge in [0.1, 0.15) is 5.82 Å². The summed E-state index contributed by atoms with van der Waals surface area (Å²) in [6.45, 7) is 3.98. The molecule has 0 spiro atoms. The number of hydrogen-bond acceptors (Lipinski definition) is 4. The summed E-state index contributed by atoms with van der Waals surface area (Å²) in [5.74, 6) is 1.24. The number of nitrogens with zero attached hydrogens (tertiary/aromatic N) is 1. The zero-order valence-electron chi connectivity index (χ0n) is 9.65. The molecule has 2 rings (SSSR count). The second-order valence-corrected chi connectivity index (χ2v) is 4.35. The van der Waals surface area contributed by atoms with Crippen molar-refractivity contribution in [3.05, 3.63) is 18.3 Å². The van der Waals surface area contributed by atoms with Crippen molar-refractivity contribution in [2.45, 2.75) is 25.8 Å². The van der Waals surface area contributed by atoms with E-state index in [0.717, 1.165) is 31.7 Å². The standard InChI is InChI=1S/C12H19N3O/c1-9(10-3-6-16-7-4-10)15-11-2-5-14-12(13)8-11/h2,5,8-10H,3-4,6-7H2,1H3,(H3,13,14,15). The summed E-state index contributed by atoms with van der Waals surface area (Å²) in [5.41, 5.74) is 6.69. The maximum atomic E-state index is 5.64. The van der Waals surface area contributed by atoms with Crippen molar-refractivity contribution < 1.29 is 4.74 Å². The Bertz CT molecular complexity index is 337. The molecule has 4 heteroatoms. The van der Waals surface area contributed by atoms with Crippen LogP contribution in [0.15, 0.2) is 18.3 Å². The zero-order chi connectivity index (χ0) is 11.4. The van der Waals surface area contributed by atoms with Crippen LogP contribution in [0.1, 0.15) is 19.8 Å². The van der Waals surface area contributed by atoms with Gasteiger partial charge in [-0.1, -0.05) is 0 Å². The molecule has 1 aromatic rings. The van der Waals surface area contributed by atoms with Crippen molar-refractivity contribution in [3.8, 4) is 0 Å². The Balaban J connectivity index is 1.93. The lowest BCUT2D eigenvalue weighted by atomic mass is 9.93. The van der Waals surface area contributed by atoms with Crippen LogP contribution in [0.25, 0.3) is 0 Å². The number of nitrogens with two attached hydrogens (primary N) is 1. The number of rotatable bonds is 3. The van der Waals surface area contributed by atoms with E-state index in [1.165, 1.54) is 0 Å². The summed E-state index contributed by atoms with van der Waals surface area (Å²) in [6, 6.07) is 4.27. The van der Waals surface area contributed by atoms with Crippen molar-refractivity contribution in [3.63, 3.8) is 0 Å². The van der Waals surface area contributed by atoms with Gasteiger partial charge in [0.15, 0.2) is 0 Å². The Hall–Kier alpha value is -1.29. The number of nitrogen functional groups attached to an aromatic ring is 1. The molecule has 0 bridgehead atoms. The third-order valence-corrected chi connectivity index (χ3v) is 3.15. The first-order valence-corrected chi connectivity index (χ1v) is 5.81. The third-order valence-electron chi connectivity index (χ3n) is 3.15. The molecule has 1 aliphatic heterocycles. The van der Waals surface area contributed by atoms with E-state index in [4.69, 9.17) is 10.5 Å². The molecule has 3 N–H and O–H groups in total. The molecule has 0 radical (unpaired) electrons. The predicted molar refractivity (Wildman–Crippen MR) is 65.3 cm³/mol. The lowest BCUT2D eigenvalue weighted by Gasteiger charge is -2.29. The molecule has 16 heavy (non-hydrogen) atoms. The van der Waals surface area contributed by atoms with Crippen LogP contribution in [0.2, 0.25) is 0 Å². The Morgan fingerprint density at radius 3 is 2.94 bits per heavy atom. The van der Waals surface area contributed by atoms with E-state index >= 15 is 0 Å². The predicted octanol–water partition coefficient (Wildman–Crippen LogP) is 1.89. The molecule has 1 aromatic heterocycles. The fraction of sp³-hybridized carbons (Fsp3) is 0.583. The average molecular weight is 221 g/mol. The molecule has 0 aromatic carbocycles. The summed E-state index contributed by atoms with van der Waals surface area (Å²) in [4.78, 5) is 3.98. The van der Waals surface area contributed by atoms with Gasteiger partial charge in [0.2, 0.25) is 0 Å². The number of anilines is 2. The molecule has 0 saturated carbocycles. The minimum atomic E-state index is 0.450. The second kappa shape index (κ2) is 5.16. The smallest absolute Gasteiger partial charge is 0.125 e. The molecular formula is C12H19N3O. The third kappa shape index (κ3) is 2.85. The average Bonchev–Trinajstić information content (AvgIpc) is 2.30. The highest BCUT2D eigenvalue weighted by Gasteiger charge is 2.20. The molecule has 0 aliphatic carbocycles. The molecule has 0 amide bonds. The molecule has 2 heterocycles. The Morgan fingerprint density at radius 2 is 2.25 bits per heavy atom. The SMILES string of the molecule is CC(Nc1ccnc(N)c1)C1CCOCC1. The van der Waals surface area contributed by atoms with Crippen molar-refractivity contribution in [1.29, 1.82) is 0 Å². The number of hydrogen-bond donors (Lipinski definition) is 2. The molecular weight excluding hydrogens is 202 g/mol. The molecule has 1 fully saturated rings. The Labute approximate surface area is 96.2 Å². The van der Waals surface area contributed by atoms with Crippen LogP contribution in [0.4, 0.5) is 11.5 Å². The number of pyridine rings is 1. The number of nitrogens with one attached hydrogen (secondary N) is 1. The summed E-state index contributed by atoms with van der Waals surface area (Å²) in [7, 11) is 0. The minimum absolute atomic E-state index is 0.450. The number of ether oxygens (including phenoxy) is 1. The van der Waals surface area contributed by atoms with E-state index in [1.54, 1.807) is 6.20 Å². The van der Waals surface area contributed by atoms with Crippen LogP contribution in [0.5, 0.6) is 0 Å². The zero-order valence-corrected chi connectivity index (χ0v) is 9.65. The van der Waals surface area contributed by atoms with Gasteiger partial charge in [-0.2, -0.15) is 0 Å². The first-order chi connectivity index (χ1) is 7.75. The molecule has 1 atom stereocenters. The van der Waals surface area contributed by atoms with Gasteiger partial charge in [-0.3, -0.25) is 0 Å². The second-order valence-electron chi connectivity index (χ2n) is 4.35. The molecule has 1 aliphatic rings. The highest BCUT2D eigenvalue weighted by molar-refractivity contribution is 5.50. The largest absolute Gasteiger partial charge is 0.384 e. The quantitative estimate of drug-likeness (QED) is 0.818. The van der Waals surface area contributed by atoms with Crippen LogP contribution < -0.4 is 11.1 Å². The van der Waals surface area contributed by atoms with Crippen LogP contribution in [0.3, 0.4) is 0 Å². The van der Waals surface area contributed by atoms with E-state index in [1.807, 2.05) is 12.1 Å². The van der Waals surface area contributed by atoms with E-state index in [-0.39, 0.29) is 0 Å². The Morgan fingerprint density at radius 1 is 1.50 bits per heavy atom. The van der Waals surface area contributed by atoms with Gasteiger partial charge < -0.3 is 15.8 Å². The van der Waals surface area contributed by atoms with E-state index < -0.39 is 0 Å². The van der Waals surface area contributed by atoms with Gasteiger partial charge in [0, 0.05) is 37.2 Å². The minimum Gasteiger partial charge on any atom is -0.384 e. The molecule has 4 nitrogen and oxygen atoms in total. The highest BCUT2D eigenvalue weighted by Crippen LogP contribution is 2.22. The van der Waals surface area contributed by atoms with Gasteiger partial charge in [-0.05, 0) is 31.7 Å². The first kappa shape index (κ1) is 11.2. The Kier molecular flexibility index (Phi) is 3.62. The summed E-state index contributed by atoms with van der Waals surface area (Å²) in [6.07, 6.45) is 4.00. The fourth-order valence-corrected chi connectivity index (χ4v) is 2.13. The van der Waals surface area contributed by atoms with E-state index in [2.05, 4.69) is 17.2 Å². The lowest BCUT2D eigenvalue weighted by molar-refractivity contribution is 0.0622. The summed E-state index contributed by atoms with van der Waals surface area (Å²) < 4.78 is 5.36. The molecule has 88 valence electrons. The van der Waals surface area contributed by atoms with Crippen molar-refractivity contribution in [2.75, 3.05) is 24.3 Å². The van der Waals surface area contributed by atoms with Crippen molar-refractivity contribution in [2.24, 2.45) is 5.92 Å². The van der Waals surface area contributed by atoms with E-state index in [0.29, 0.717) is 17.8 Å². The maximum Gasteiger partial charge on any atom is 0.125 e. The first-order valence-electron chi connectivity index (χ1n) is 5.81. The lowest BCUT2D eigenvalue weighted by Crippen LogP contribution is -2.30. The number of aromatic nitrogens is 1.